The predicted molar refractivity (Wildman–Crippen MR) is 115 cm³/mol. The van der Waals surface area contributed by atoms with Crippen molar-refractivity contribution < 1.29 is 18.7 Å². The number of methoxy groups -OCH3 is 1. The maximum absolute atomic E-state index is 14.0. The molecule has 1 heterocycles. The Morgan fingerprint density at radius 2 is 1.97 bits per heavy atom. The van der Waals surface area contributed by atoms with Gasteiger partial charge in [0.25, 0.3) is 0 Å². The Morgan fingerprint density at radius 1 is 1.23 bits per heavy atom. The number of carbonyl (C=O) groups excluding carboxylic acids is 2. The van der Waals surface area contributed by atoms with E-state index in [2.05, 4.69) is 15.6 Å². The van der Waals surface area contributed by atoms with Crippen LogP contribution in [-0.4, -0.2) is 23.9 Å². The number of carbonyl (C=O) groups is 2. The third kappa shape index (κ3) is 5.78. The summed E-state index contributed by atoms with van der Waals surface area (Å²) in [6.07, 6.45) is 7.06. The summed E-state index contributed by atoms with van der Waals surface area (Å²) in [5.74, 6) is -0.518. The highest BCUT2D eigenvalue weighted by Crippen LogP contribution is 2.42. The summed E-state index contributed by atoms with van der Waals surface area (Å²) in [4.78, 5) is 29.5. The van der Waals surface area contributed by atoms with Crippen LogP contribution in [-0.2, 0) is 9.59 Å². The van der Waals surface area contributed by atoms with E-state index in [0.29, 0.717) is 17.1 Å². The van der Waals surface area contributed by atoms with Crippen LogP contribution in [0.1, 0.15) is 63.5 Å². The second-order valence-electron chi connectivity index (χ2n) is 7.98. The van der Waals surface area contributed by atoms with Crippen LogP contribution in [0.3, 0.4) is 0 Å². The molecule has 1 aliphatic carbocycles. The summed E-state index contributed by atoms with van der Waals surface area (Å²) in [6, 6.07) is 4.33. The van der Waals surface area contributed by atoms with Crippen LogP contribution < -0.4 is 15.4 Å². The molecule has 30 heavy (non-hydrogen) atoms. The topological polar surface area (TPSA) is 80.3 Å². The fourth-order valence-electron chi connectivity index (χ4n) is 4.18. The minimum Gasteiger partial charge on any atom is -0.494 e. The van der Waals surface area contributed by atoms with Gasteiger partial charge in [-0.15, -0.1) is 11.3 Å². The number of aromatic nitrogens is 1. The zero-order valence-electron chi connectivity index (χ0n) is 17.4. The number of hydrogen-bond donors (Lipinski definition) is 2. The first-order chi connectivity index (χ1) is 14.4. The SMILES string of the molecule is COc1ccc(C(C)NC(=O)CC2(CC(=O)Nc3nccs3)CCCCC2)cc1F. The fraction of sp³-hybridized carbons (Fsp3) is 0.500. The van der Waals surface area contributed by atoms with E-state index in [-0.39, 0.29) is 35.4 Å². The standard InChI is InChI=1S/C22H28FN3O3S/c1-15(16-6-7-18(29-2)17(23)12-16)25-19(27)13-22(8-4-3-5-9-22)14-20(28)26-21-24-10-11-30-21/h6-7,10-12,15H,3-5,8-9,13-14H2,1-2H3,(H,25,27)(H,24,26,28). The summed E-state index contributed by atoms with van der Waals surface area (Å²) in [5, 5.41) is 8.18. The van der Waals surface area contributed by atoms with Gasteiger partial charge in [-0.25, -0.2) is 9.37 Å². The van der Waals surface area contributed by atoms with Gasteiger partial charge in [0.15, 0.2) is 16.7 Å². The molecule has 1 aromatic carbocycles. The Bertz CT molecular complexity index is 867. The van der Waals surface area contributed by atoms with Crippen molar-refractivity contribution in [2.24, 2.45) is 5.41 Å². The third-order valence-electron chi connectivity index (χ3n) is 5.72. The summed E-state index contributed by atoms with van der Waals surface area (Å²) in [5.41, 5.74) is 0.315. The molecule has 1 fully saturated rings. The van der Waals surface area contributed by atoms with Crippen LogP contribution in [0.4, 0.5) is 9.52 Å². The van der Waals surface area contributed by atoms with Crippen LogP contribution in [0.2, 0.25) is 0 Å². The van der Waals surface area contributed by atoms with E-state index in [1.807, 2.05) is 12.3 Å². The molecule has 0 radical (unpaired) electrons. The van der Waals surface area contributed by atoms with Crippen molar-refractivity contribution in [3.8, 4) is 5.75 Å². The number of rotatable bonds is 8. The van der Waals surface area contributed by atoms with Gasteiger partial charge in [0.05, 0.1) is 13.2 Å². The van der Waals surface area contributed by atoms with Gasteiger partial charge in [0.1, 0.15) is 0 Å². The van der Waals surface area contributed by atoms with Gasteiger partial charge in [-0.05, 0) is 42.9 Å². The maximum Gasteiger partial charge on any atom is 0.226 e. The van der Waals surface area contributed by atoms with Crippen molar-refractivity contribution in [3.05, 3.63) is 41.2 Å². The fourth-order valence-corrected chi connectivity index (χ4v) is 4.72. The lowest BCUT2D eigenvalue weighted by molar-refractivity contribution is -0.126. The van der Waals surface area contributed by atoms with Gasteiger partial charge in [0, 0.05) is 24.4 Å². The van der Waals surface area contributed by atoms with Crippen LogP contribution in [0.15, 0.2) is 29.8 Å². The van der Waals surface area contributed by atoms with E-state index in [4.69, 9.17) is 4.74 Å². The number of nitrogens with one attached hydrogen (secondary N) is 2. The molecule has 1 aromatic heterocycles. The Hall–Kier alpha value is -2.48. The monoisotopic (exact) mass is 433 g/mol. The van der Waals surface area contributed by atoms with Gasteiger partial charge in [0.2, 0.25) is 11.8 Å². The lowest BCUT2D eigenvalue weighted by Gasteiger charge is -2.36. The molecule has 1 saturated carbocycles. The third-order valence-corrected chi connectivity index (χ3v) is 6.41. The largest absolute Gasteiger partial charge is 0.494 e. The highest BCUT2D eigenvalue weighted by atomic mass is 32.1. The molecule has 3 rings (SSSR count). The maximum atomic E-state index is 14.0. The first kappa shape index (κ1) is 22.2. The van der Waals surface area contributed by atoms with Crippen molar-refractivity contribution in [1.82, 2.24) is 10.3 Å². The minimum absolute atomic E-state index is 0.107. The molecule has 0 bridgehead atoms. The van der Waals surface area contributed by atoms with E-state index in [1.165, 1.54) is 24.5 Å². The van der Waals surface area contributed by atoms with E-state index in [1.54, 1.807) is 18.3 Å². The highest BCUT2D eigenvalue weighted by molar-refractivity contribution is 7.13. The second kappa shape index (κ2) is 10.0. The number of anilines is 1. The number of hydrogen-bond acceptors (Lipinski definition) is 5. The normalized spacial score (nSPS) is 16.5. The second-order valence-corrected chi connectivity index (χ2v) is 8.88. The molecule has 162 valence electrons. The molecule has 0 spiro atoms. The predicted octanol–water partition coefficient (Wildman–Crippen LogP) is 4.84. The molecular formula is C22H28FN3O3S. The molecule has 1 atom stereocenters. The van der Waals surface area contributed by atoms with E-state index in [9.17, 15) is 14.0 Å². The summed E-state index contributed by atoms with van der Waals surface area (Å²) in [7, 11) is 1.41. The zero-order valence-corrected chi connectivity index (χ0v) is 18.2. The number of amides is 2. The lowest BCUT2D eigenvalue weighted by Crippen LogP contribution is -2.37. The molecule has 2 N–H and O–H groups in total. The van der Waals surface area contributed by atoms with E-state index < -0.39 is 5.82 Å². The van der Waals surface area contributed by atoms with Crippen LogP contribution in [0.25, 0.3) is 0 Å². The van der Waals surface area contributed by atoms with Gasteiger partial charge < -0.3 is 15.4 Å². The summed E-state index contributed by atoms with van der Waals surface area (Å²) >= 11 is 1.37. The van der Waals surface area contributed by atoms with Crippen molar-refractivity contribution >= 4 is 28.3 Å². The van der Waals surface area contributed by atoms with Crippen molar-refractivity contribution in [2.45, 2.75) is 57.9 Å². The van der Waals surface area contributed by atoms with Crippen LogP contribution >= 0.6 is 11.3 Å². The lowest BCUT2D eigenvalue weighted by atomic mass is 9.69. The molecule has 2 aromatic rings. The van der Waals surface area contributed by atoms with Gasteiger partial charge in [-0.2, -0.15) is 0 Å². The van der Waals surface area contributed by atoms with Crippen LogP contribution in [0.5, 0.6) is 5.75 Å². The van der Waals surface area contributed by atoms with Gasteiger partial charge in [-0.1, -0.05) is 25.3 Å². The van der Waals surface area contributed by atoms with E-state index in [0.717, 1.165) is 32.1 Å². The first-order valence-corrected chi connectivity index (χ1v) is 11.1. The molecule has 0 saturated heterocycles. The molecule has 8 heteroatoms. The van der Waals surface area contributed by atoms with E-state index >= 15 is 0 Å². The summed E-state index contributed by atoms with van der Waals surface area (Å²) in [6.45, 7) is 1.82. The molecule has 2 amide bonds. The molecule has 1 unspecified atom stereocenters. The van der Waals surface area contributed by atoms with Crippen LogP contribution in [0, 0.1) is 11.2 Å². The molecule has 6 nitrogen and oxygen atoms in total. The quantitative estimate of drug-likeness (QED) is 0.624. The van der Waals surface area contributed by atoms with Crippen molar-refractivity contribution in [2.75, 3.05) is 12.4 Å². The van der Waals surface area contributed by atoms with Gasteiger partial charge >= 0.3 is 0 Å². The number of halogens is 1. The number of ether oxygens (including phenoxy) is 1. The number of nitrogens with zero attached hydrogens (tertiary/aromatic N) is 1. The minimum atomic E-state index is -0.460. The first-order valence-electron chi connectivity index (χ1n) is 10.2. The summed E-state index contributed by atoms with van der Waals surface area (Å²) < 4.78 is 18.9. The number of benzene rings is 1. The highest BCUT2D eigenvalue weighted by Gasteiger charge is 2.36. The number of thiazole rings is 1. The Kier molecular flexibility index (Phi) is 7.42. The Labute approximate surface area is 180 Å². The molecular weight excluding hydrogens is 405 g/mol. The Balaban J connectivity index is 1.63. The smallest absolute Gasteiger partial charge is 0.226 e. The van der Waals surface area contributed by atoms with Gasteiger partial charge in [-0.3, -0.25) is 9.59 Å². The van der Waals surface area contributed by atoms with Crippen molar-refractivity contribution in [1.29, 1.82) is 0 Å². The zero-order chi connectivity index (χ0) is 21.6. The van der Waals surface area contributed by atoms with Crippen molar-refractivity contribution in [3.63, 3.8) is 0 Å². The Morgan fingerprint density at radius 3 is 2.60 bits per heavy atom. The molecule has 0 aliphatic heterocycles. The average molecular weight is 434 g/mol. The average Bonchev–Trinajstić information content (AvgIpc) is 3.21. The molecule has 1 aliphatic rings.